The molecule has 152 valence electrons. The van der Waals surface area contributed by atoms with Crippen LogP contribution in [-0.2, 0) is 15.6 Å². The summed E-state index contributed by atoms with van der Waals surface area (Å²) in [6.07, 6.45) is 4.58. The van der Waals surface area contributed by atoms with Crippen molar-refractivity contribution in [3.05, 3.63) is 70.5 Å². The third-order valence-electron chi connectivity index (χ3n) is 5.02. The molecule has 29 heavy (non-hydrogen) atoms. The normalized spacial score (nSPS) is 15.5. The maximum Gasteiger partial charge on any atom is 0.224 e. The number of halogens is 1. The Morgan fingerprint density at radius 2 is 1.90 bits per heavy atom. The van der Waals surface area contributed by atoms with E-state index in [9.17, 15) is 13.4 Å². The van der Waals surface area contributed by atoms with Gasteiger partial charge in [0.05, 0.1) is 6.42 Å². The van der Waals surface area contributed by atoms with E-state index in [4.69, 9.17) is 5.73 Å². The number of rotatable bonds is 7. The molecule has 6 heteroatoms. The van der Waals surface area contributed by atoms with Gasteiger partial charge in [0.2, 0.25) is 5.91 Å². The molecule has 2 aromatic rings. The minimum atomic E-state index is -1.03. The van der Waals surface area contributed by atoms with Crippen LogP contribution in [0, 0.1) is 5.82 Å². The molecule has 0 saturated carbocycles. The van der Waals surface area contributed by atoms with Gasteiger partial charge in [-0.05, 0) is 83.6 Å². The van der Waals surface area contributed by atoms with Gasteiger partial charge in [0.25, 0.3) is 0 Å². The molecule has 1 unspecified atom stereocenters. The minimum absolute atomic E-state index is 0.0981. The molecular weight excluding hydrogens is 387 g/mol. The van der Waals surface area contributed by atoms with Gasteiger partial charge in [-0.15, -0.1) is 0 Å². The third kappa shape index (κ3) is 4.89. The first-order valence-corrected chi connectivity index (χ1v) is 11.1. The van der Waals surface area contributed by atoms with Gasteiger partial charge in [0.1, 0.15) is 5.82 Å². The fourth-order valence-electron chi connectivity index (χ4n) is 3.46. The molecule has 0 spiro atoms. The number of nitrogens with one attached hydrogen (secondary N) is 1. The Bertz CT molecular complexity index is 1010. The second kappa shape index (κ2) is 9.29. The molecule has 3 N–H and O–H groups in total. The molecule has 3 rings (SSSR count). The number of allylic oxidation sites excluding steroid dienone is 2. The van der Waals surface area contributed by atoms with E-state index >= 15 is 0 Å². The molecule has 4 nitrogen and oxygen atoms in total. The van der Waals surface area contributed by atoms with Crippen LogP contribution < -0.4 is 11.1 Å². The predicted molar refractivity (Wildman–Crippen MR) is 117 cm³/mol. The highest BCUT2D eigenvalue weighted by molar-refractivity contribution is 7.84. The van der Waals surface area contributed by atoms with Gasteiger partial charge in [-0.1, -0.05) is 18.2 Å². The van der Waals surface area contributed by atoms with Crippen molar-refractivity contribution in [2.45, 2.75) is 24.7 Å². The Kier molecular flexibility index (Phi) is 6.77. The lowest BCUT2D eigenvalue weighted by Gasteiger charge is -2.08. The van der Waals surface area contributed by atoms with E-state index in [1.807, 2.05) is 37.3 Å². The molecule has 0 bridgehead atoms. The lowest BCUT2D eigenvalue weighted by molar-refractivity contribution is -0.120. The number of hydrogen-bond donors (Lipinski definition) is 2. The van der Waals surface area contributed by atoms with Crippen molar-refractivity contribution in [2.24, 2.45) is 5.73 Å². The molecule has 1 amide bonds. The van der Waals surface area contributed by atoms with Crippen molar-refractivity contribution in [3.8, 4) is 0 Å². The van der Waals surface area contributed by atoms with E-state index < -0.39 is 10.8 Å². The summed E-state index contributed by atoms with van der Waals surface area (Å²) in [5, 5.41) is 2.86. The van der Waals surface area contributed by atoms with Crippen molar-refractivity contribution in [1.82, 2.24) is 5.32 Å². The molecule has 0 aliphatic heterocycles. The summed E-state index contributed by atoms with van der Waals surface area (Å²) in [7, 11) is -1.03. The van der Waals surface area contributed by atoms with Gasteiger partial charge < -0.3 is 11.1 Å². The van der Waals surface area contributed by atoms with E-state index in [1.165, 1.54) is 12.1 Å². The number of hydrogen-bond acceptors (Lipinski definition) is 3. The Hall–Kier alpha value is -2.57. The smallest absolute Gasteiger partial charge is 0.224 e. The van der Waals surface area contributed by atoms with Gasteiger partial charge in [0, 0.05) is 28.5 Å². The molecule has 1 atom stereocenters. The molecule has 2 aromatic carbocycles. The SMILES string of the molecule is CC1=C(CC(=O)NCCCN)c2cc(F)ccc2/C1=C\c1ccc(S(C)=O)cc1. The van der Waals surface area contributed by atoms with Gasteiger partial charge in [-0.2, -0.15) is 0 Å². The second-order valence-corrected chi connectivity index (χ2v) is 8.42. The van der Waals surface area contributed by atoms with Crippen LogP contribution in [0.2, 0.25) is 0 Å². The van der Waals surface area contributed by atoms with Crippen molar-refractivity contribution in [1.29, 1.82) is 0 Å². The number of carbonyl (C=O) groups is 1. The fraction of sp³-hybridized carbons (Fsp3) is 0.261. The summed E-state index contributed by atoms with van der Waals surface area (Å²) < 4.78 is 25.5. The Morgan fingerprint density at radius 1 is 1.17 bits per heavy atom. The topological polar surface area (TPSA) is 72.2 Å². The second-order valence-electron chi connectivity index (χ2n) is 7.04. The molecule has 0 saturated heterocycles. The first-order valence-electron chi connectivity index (χ1n) is 9.53. The number of carbonyl (C=O) groups excluding carboxylic acids is 1. The highest BCUT2D eigenvalue weighted by atomic mass is 32.2. The molecule has 0 radical (unpaired) electrons. The third-order valence-corrected chi connectivity index (χ3v) is 5.95. The average molecular weight is 413 g/mol. The predicted octanol–water partition coefficient (Wildman–Crippen LogP) is 3.75. The van der Waals surface area contributed by atoms with Crippen LogP contribution in [0.3, 0.4) is 0 Å². The van der Waals surface area contributed by atoms with Gasteiger partial charge in [0.15, 0.2) is 0 Å². The highest BCUT2D eigenvalue weighted by Gasteiger charge is 2.25. The van der Waals surface area contributed by atoms with Crippen molar-refractivity contribution >= 4 is 33.9 Å². The van der Waals surface area contributed by atoms with Crippen LogP contribution in [0.1, 0.15) is 36.5 Å². The number of benzene rings is 2. The lowest BCUT2D eigenvalue weighted by Crippen LogP contribution is -2.25. The zero-order chi connectivity index (χ0) is 21.0. The van der Waals surface area contributed by atoms with Crippen LogP contribution in [-0.4, -0.2) is 29.5 Å². The van der Waals surface area contributed by atoms with Crippen molar-refractivity contribution < 1.29 is 13.4 Å². The molecule has 0 fully saturated rings. The first kappa shape index (κ1) is 21.1. The highest BCUT2D eigenvalue weighted by Crippen LogP contribution is 2.43. The number of nitrogens with two attached hydrogens (primary N) is 1. The summed E-state index contributed by atoms with van der Waals surface area (Å²) in [4.78, 5) is 13.1. The molecule has 1 aliphatic carbocycles. The fourth-order valence-corrected chi connectivity index (χ4v) is 3.98. The molecule has 1 aliphatic rings. The zero-order valence-corrected chi connectivity index (χ0v) is 17.4. The Morgan fingerprint density at radius 3 is 2.55 bits per heavy atom. The molecule has 0 heterocycles. The summed E-state index contributed by atoms with van der Waals surface area (Å²) in [5.41, 5.74) is 10.9. The molecule has 0 aromatic heterocycles. The largest absolute Gasteiger partial charge is 0.356 e. The summed E-state index contributed by atoms with van der Waals surface area (Å²) in [6, 6.07) is 12.2. The minimum Gasteiger partial charge on any atom is -0.356 e. The zero-order valence-electron chi connectivity index (χ0n) is 16.6. The van der Waals surface area contributed by atoms with Gasteiger partial charge >= 0.3 is 0 Å². The standard InChI is InChI=1S/C23H25FN2O2S/c1-15-20(12-16-4-7-18(8-5-16)29(2)28)19-9-6-17(24)13-22(19)21(15)14-23(27)26-11-3-10-25/h4-9,12-13H,3,10-11,14,25H2,1-2H3,(H,26,27)/b20-12-. The summed E-state index contributed by atoms with van der Waals surface area (Å²) in [5.74, 6) is -0.423. The van der Waals surface area contributed by atoms with E-state index in [1.54, 1.807) is 12.3 Å². The number of fused-ring (bicyclic) bond motifs is 1. The summed E-state index contributed by atoms with van der Waals surface area (Å²) in [6.45, 7) is 3.01. The maximum absolute atomic E-state index is 13.9. The van der Waals surface area contributed by atoms with Crippen LogP contribution >= 0.6 is 0 Å². The van der Waals surface area contributed by atoms with Gasteiger partial charge in [-0.3, -0.25) is 9.00 Å². The monoisotopic (exact) mass is 412 g/mol. The summed E-state index contributed by atoms with van der Waals surface area (Å²) >= 11 is 0. The van der Waals surface area contributed by atoms with E-state index in [0.717, 1.165) is 44.7 Å². The molecular formula is C23H25FN2O2S. The maximum atomic E-state index is 13.9. The quantitative estimate of drug-likeness (QED) is 0.681. The Labute approximate surface area is 173 Å². The van der Waals surface area contributed by atoms with E-state index in [-0.39, 0.29) is 18.1 Å². The van der Waals surface area contributed by atoms with Crippen LogP contribution in [0.25, 0.3) is 17.2 Å². The van der Waals surface area contributed by atoms with Crippen LogP contribution in [0.15, 0.2) is 52.9 Å². The van der Waals surface area contributed by atoms with Crippen LogP contribution in [0.5, 0.6) is 0 Å². The van der Waals surface area contributed by atoms with Gasteiger partial charge in [-0.25, -0.2) is 4.39 Å². The average Bonchev–Trinajstić information content (AvgIpc) is 2.94. The van der Waals surface area contributed by atoms with E-state index in [0.29, 0.717) is 13.1 Å². The van der Waals surface area contributed by atoms with Crippen molar-refractivity contribution in [3.63, 3.8) is 0 Å². The van der Waals surface area contributed by atoms with Crippen molar-refractivity contribution in [2.75, 3.05) is 19.3 Å². The van der Waals surface area contributed by atoms with E-state index in [2.05, 4.69) is 5.32 Å². The number of amides is 1. The first-order chi connectivity index (χ1) is 13.9. The Balaban J connectivity index is 1.95. The van der Waals surface area contributed by atoms with Crippen LogP contribution in [0.4, 0.5) is 4.39 Å². The lowest BCUT2D eigenvalue weighted by atomic mass is 10.0.